The number of carbonyl (C=O) groups excluding carboxylic acids is 1. The number of anilines is 1. The van der Waals surface area contributed by atoms with Crippen LogP contribution in [-0.4, -0.2) is 20.5 Å². The lowest BCUT2D eigenvalue weighted by Crippen LogP contribution is -2.18. The number of hydrogen-bond donors (Lipinski definition) is 2. The second kappa shape index (κ2) is 6.17. The summed E-state index contributed by atoms with van der Waals surface area (Å²) in [6, 6.07) is 9.05. The molecule has 0 bridgehead atoms. The van der Waals surface area contributed by atoms with Crippen LogP contribution < -0.4 is 11.1 Å². The van der Waals surface area contributed by atoms with Crippen LogP contribution in [0.3, 0.4) is 0 Å². The van der Waals surface area contributed by atoms with Crippen LogP contribution in [0.5, 0.6) is 0 Å². The quantitative estimate of drug-likeness (QED) is 0.761. The maximum absolute atomic E-state index is 12.9. The Morgan fingerprint density at radius 2 is 2.04 bits per heavy atom. The first-order valence-electron chi connectivity index (χ1n) is 7.33. The number of nitrogens with zero attached hydrogens (tertiary/aromatic N) is 3. The van der Waals surface area contributed by atoms with Gasteiger partial charge in [0.25, 0.3) is 5.91 Å². The first-order chi connectivity index (χ1) is 11.8. The summed E-state index contributed by atoms with van der Waals surface area (Å²) in [6.07, 6.45) is -4.62. The van der Waals surface area contributed by atoms with E-state index >= 15 is 0 Å². The number of nitrogens with two attached hydrogens (primary N) is 1. The normalized spacial score (nSPS) is 11.7. The van der Waals surface area contributed by atoms with Crippen LogP contribution in [0.1, 0.15) is 27.4 Å². The van der Waals surface area contributed by atoms with E-state index in [9.17, 15) is 18.0 Å². The van der Waals surface area contributed by atoms with E-state index in [0.29, 0.717) is 17.9 Å². The fourth-order valence-corrected chi connectivity index (χ4v) is 2.37. The Morgan fingerprint density at radius 1 is 1.28 bits per heavy atom. The zero-order valence-electron chi connectivity index (χ0n) is 13.1. The van der Waals surface area contributed by atoms with Crippen LogP contribution in [0, 0.1) is 6.92 Å². The molecule has 9 heteroatoms. The zero-order chi connectivity index (χ0) is 18.2. The molecule has 3 rings (SSSR count). The molecule has 0 spiro atoms. The molecule has 0 fully saturated rings. The molecular formula is C16H14F3N5O. The van der Waals surface area contributed by atoms with E-state index in [1.807, 2.05) is 0 Å². The van der Waals surface area contributed by atoms with Crippen molar-refractivity contribution in [1.82, 2.24) is 14.6 Å². The number of nitrogens with one attached hydrogen (secondary N) is 1. The number of rotatable bonds is 3. The summed E-state index contributed by atoms with van der Waals surface area (Å²) >= 11 is 0. The van der Waals surface area contributed by atoms with Crippen molar-refractivity contribution in [3.63, 3.8) is 0 Å². The summed E-state index contributed by atoms with van der Waals surface area (Å²) in [4.78, 5) is 16.5. The molecule has 0 unspecified atom stereocenters. The summed E-state index contributed by atoms with van der Waals surface area (Å²) in [5.41, 5.74) is 6.06. The van der Waals surface area contributed by atoms with E-state index in [1.54, 1.807) is 31.2 Å². The topological polar surface area (TPSA) is 85.3 Å². The number of aromatic nitrogens is 3. The van der Waals surface area contributed by atoms with E-state index < -0.39 is 17.8 Å². The summed E-state index contributed by atoms with van der Waals surface area (Å²) in [5, 5.41) is 6.11. The lowest BCUT2D eigenvalue weighted by Gasteiger charge is -2.09. The van der Waals surface area contributed by atoms with Crippen molar-refractivity contribution >= 4 is 17.2 Å². The first-order valence-corrected chi connectivity index (χ1v) is 7.33. The number of amides is 1. The van der Waals surface area contributed by atoms with Gasteiger partial charge in [0.2, 0.25) is 0 Å². The zero-order valence-corrected chi connectivity index (χ0v) is 13.1. The number of carbonyl (C=O) groups is 1. The minimum Gasteiger partial charge on any atom is -0.326 e. The molecule has 3 aromatic rings. The van der Waals surface area contributed by atoms with Crippen molar-refractivity contribution in [2.75, 3.05) is 5.32 Å². The molecule has 25 heavy (non-hydrogen) atoms. The Balaban J connectivity index is 2.01. The number of fused-ring (bicyclic) bond motifs is 1. The maximum Gasteiger partial charge on any atom is 0.435 e. The summed E-state index contributed by atoms with van der Waals surface area (Å²) in [6.45, 7) is 1.89. The molecule has 2 aromatic heterocycles. The third kappa shape index (κ3) is 3.45. The van der Waals surface area contributed by atoms with Gasteiger partial charge < -0.3 is 11.1 Å². The van der Waals surface area contributed by atoms with E-state index in [1.165, 1.54) is 6.07 Å². The van der Waals surface area contributed by atoms with Gasteiger partial charge in [0.15, 0.2) is 11.3 Å². The van der Waals surface area contributed by atoms with Crippen LogP contribution in [0.25, 0.3) is 5.65 Å². The Labute approximate surface area is 140 Å². The van der Waals surface area contributed by atoms with Gasteiger partial charge in [-0.2, -0.15) is 18.3 Å². The molecule has 130 valence electrons. The van der Waals surface area contributed by atoms with Gasteiger partial charge in [-0.15, -0.1) is 0 Å². The van der Waals surface area contributed by atoms with E-state index in [-0.39, 0.29) is 11.3 Å². The first kappa shape index (κ1) is 16.9. The average molecular weight is 349 g/mol. The van der Waals surface area contributed by atoms with Gasteiger partial charge in [0.1, 0.15) is 5.69 Å². The number of hydrogen-bond acceptors (Lipinski definition) is 4. The highest BCUT2D eigenvalue weighted by atomic mass is 19.4. The second-order valence-electron chi connectivity index (χ2n) is 5.44. The fourth-order valence-electron chi connectivity index (χ4n) is 2.37. The molecule has 0 saturated carbocycles. The van der Waals surface area contributed by atoms with Crippen LogP contribution in [0.2, 0.25) is 0 Å². The van der Waals surface area contributed by atoms with E-state index in [2.05, 4.69) is 15.4 Å². The van der Waals surface area contributed by atoms with Gasteiger partial charge >= 0.3 is 6.18 Å². The Kier molecular flexibility index (Phi) is 4.17. The number of aryl methyl sites for hydroxylation is 1. The van der Waals surface area contributed by atoms with Crippen molar-refractivity contribution in [2.45, 2.75) is 19.6 Å². The molecule has 0 aliphatic heterocycles. The van der Waals surface area contributed by atoms with Crippen molar-refractivity contribution in [1.29, 1.82) is 0 Å². The smallest absolute Gasteiger partial charge is 0.326 e. The number of benzene rings is 1. The summed E-state index contributed by atoms with van der Waals surface area (Å²) in [5.74, 6) is -0.596. The molecule has 0 aliphatic carbocycles. The van der Waals surface area contributed by atoms with Crippen LogP contribution >= 0.6 is 0 Å². The minimum atomic E-state index is -4.62. The van der Waals surface area contributed by atoms with Crippen molar-refractivity contribution < 1.29 is 18.0 Å². The highest BCUT2D eigenvalue weighted by Crippen LogP contribution is 2.29. The van der Waals surface area contributed by atoms with Gasteiger partial charge in [-0.05, 0) is 30.7 Å². The molecule has 3 N–H and O–H groups in total. The van der Waals surface area contributed by atoms with Crippen molar-refractivity contribution in [2.24, 2.45) is 5.73 Å². The number of halogens is 3. The third-order valence-electron chi connectivity index (χ3n) is 3.50. The minimum absolute atomic E-state index is 0.0452. The van der Waals surface area contributed by atoms with Gasteiger partial charge in [-0.1, -0.05) is 12.1 Å². The predicted molar refractivity (Wildman–Crippen MR) is 85.0 cm³/mol. The van der Waals surface area contributed by atoms with E-state index in [0.717, 1.165) is 16.1 Å². The van der Waals surface area contributed by atoms with Crippen LogP contribution in [0.4, 0.5) is 18.9 Å². The van der Waals surface area contributed by atoms with Gasteiger partial charge in [0.05, 0.1) is 0 Å². The largest absolute Gasteiger partial charge is 0.435 e. The van der Waals surface area contributed by atoms with Gasteiger partial charge in [0, 0.05) is 24.0 Å². The predicted octanol–water partition coefficient (Wildman–Crippen LogP) is 2.77. The Bertz CT molecular complexity index is 949. The molecule has 0 aliphatic rings. The molecule has 1 amide bonds. The van der Waals surface area contributed by atoms with Gasteiger partial charge in [-0.3, -0.25) is 4.79 Å². The average Bonchev–Trinajstić information content (AvgIpc) is 2.98. The number of alkyl halides is 3. The molecule has 0 atom stereocenters. The Hall–Kier alpha value is -2.94. The summed E-state index contributed by atoms with van der Waals surface area (Å²) in [7, 11) is 0. The lowest BCUT2D eigenvalue weighted by molar-refractivity contribution is -0.141. The monoisotopic (exact) mass is 349 g/mol. The van der Waals surface area contributed by atoms with Crippen molar-refractivity contribution in [3.05, 3.63) is 59.0 Å². The molecule has 1 aromatic carbocycles. The molecule has 0 radical (unpaired) electrons. The van der Waals surface area contributed by atoms with E-state index in [4.69, 9.17) is 5.73 Å². The fraction of sp³-hybridized carbons (Fsp3) is 0.188. The standard InChI is InChI=1S/C16H14F3N5O/c1-9-5-12(15(25)22-11-4-2-3-10(6-11)8-20)24-14(21-9)7-13(23-24)16(17,18)19/h2-7H,8,20H2,1H3,(H,22,25). The SMILES string of the molecule is Cc1cc(C(=O)Nc2cccc(CN)c2)n2nc(C(F)(F)F)cc2n1. The Morgan fingerprint density at radius 3 is 2.72 bits per heavy atom. The lowest BCUT2D eigenvalue weighted by atomic mass is 10.2. The highest BCUT2D eigenvalue weighted by molar-refractivity contribution is 6.03. The highest BCUT2D eigenvalue weighted by Gasteiger charge is 2.35. The second-order valence-corrected chi connectivity index (χ2v) is 5.44. The molecule has 2 heterocycles. The molecule has 6 nitrogen and oxygen atoms in total. The van der Waals surface area contributed by atoms with Crippen LogP contribution in [0.15, 0.2) is 36.4 Å². The van der Waals surface area contributed by atoms with Crippen molar-refractivity contribution in [3.8, 4) is 0 Å². The van der Waals surface area contributed by atoms with Crippen LogP contribution in [-0.2, 0) is 12.7 Å². The maximum atomic E-state index is 12.9. The molecule has 0 saturated heterocycles. The molecular weight excluding hydrogens is 335 g/mol. The van der Waals surface area contributed by atoms with Gasteiger partial charge in [-0.25, -0.2) is 9.50 Å². The summed E-state index contributed by atoms with van der Waals surface area (Å²) < 4.78 is 39.5. The third-order valence-corrected chi connectivity index (χ3v) is 3.50.